The molecule has 0 heterocycles. The monoisotopic (exact) mass is 260 g/mol. The summed E-state index contributed by atoms with van der Waals surface area (Å²) in [5.74, 6) is 0.185. The molecule has 1 aliphatic carbocycles. The second-order valence-electron chi connectivity index (χ2n) is 4.92. The van der Waals surface area contributed by atoms with Crippen LogP contribution in [-0.2, 0) is 6.42 Å². The first-order chi connectivity index (χ1) is 8.66. The molecule has 0 fully saturated rings. The van der Waals surface area contributed by atoms with Crippen LogP contribution in [0.1, 0.15) is 33.5 Å². The van der Waals surface area contributed by atoms with Gasteiger partial charge in [-0.15, -0.1) is 11.6 Å². The molecule has 0 aromatic heterocycles. The van der Waals surface area contributed by atoms with Gasteiger partial charge >= 0.3 is 0 Å². The van der Waals surface area contributed by atoms with Gasteiger partial charge in [-0.3, -0.25) is 0 Å². The van der Waals surface area contributed by atoms with Crippen molar-refractivity contribution >= 4 is 11.6 Å². The lowest BCUT2D eigenvalue weighted by molar-refractivity contribution is 0.582. The topological polar surface area (TPSA) is 0 Å². The smallest absolute Gasteiger partial charge is 0.126 e. The summed E-state index contributed by atoms with van der Waals surface area (Å²) in [6, 6.07) is 13.5. The van der Waals surface area contributed by atoms with Gasteiger partial charge in [0.2, 0.25) is 0 Å². The van der Waals surface area contributed by atoms with Crippen molar-refractivity contribution in [2.75, 3.05) is 0 Å². The van der Waals surface area contributed by atoms with Crippen molar-refractivity contribution < 1.29 is 4.39 Å². The average molecular weight is 261 g/mol. The lowest BCUT2D eigenvalue weighted by Crippen LogP contribution is -2.21. The van der Waals surface area contributed by atoms with Crippen LogP contribution in [0.25, 0.3) is 0 Å². The minimum absolute atomic E-state index is 0.0702. The number of halogens is 2. The molecule has 2 aromatic rings. The van der Waals surface area contributed by atoms with Gasteiger partial charge in [0, 0.05) is 5.92 Å². The summed E-state index contributed by atoms with van der Waals surface area (Å²) in [4.78, 5) is 0. The van der Waals surface area contributed by atoms with E-state index in [1.54, 1.807) is 13.0 Å². The largest absolute Gasteiger partial charge is 0.207 e. The molecule has 2 aromatic carbocycles. The molecular formula is C16H14ClF. The Bertz CT molecular complexity index is 591. The Balaban J connectivity index is 1.88. The molecule has 0 radical (unpaired) electrons. The molecule has 1 aliphatic rings. The number of hydrogen-bond acceptors (Lipinski definition) is 0. The third kappa shape index (κ3) is 1.83. The van der Waals surface area contributed by atoms with Gasteiger partial charge < -0.3 is 0 Å². The van der Waals surface area contributed by atoms with Crippen LogP contribution >= 0.6 is 11.6 Å². The van der Waals surface area contributed by atoms with Crippen LogP contribution in [0.4, 0.5) is 4.39 Å². The molecule has 0 bridgehead atoms. The van der Waals surface area contributed by atoms with Gasteiger partial charge in [0.15, 0.2) is 0 Å². The molecule has 2 unspecified atom stereocenters. The molecule has 3 rings (SSSR count). The first kappa shape index (κ1) is 11.7. The van der Waals surface area contributed by atoms with Crippen LogP contribution in [0.2, 0.25) is 0 Å². The molecule has 2 atom stereocenters. The van der Waals surface area contributed by atoms with E-state index in [9.17, 15) is 4.39 Å². The molecule has 0 amide bonds. The fourth-order valence-corrected chi connectivity index (χ4v) is 2.99. The first-order valence-corrected chi connectivity index (χ1v) is 6.58. The Morgan fingerprint density at radius 3 is 2.72 bits per heavy atom. The van der Waals surface area contributed by atoms with Crippen LogP contribution < -0.4 is 0 Å². The summed E-state index contributed by atoms with van der Waals surface area (Å²) in [5, 5.41) is -0.0702. The van der Waals surface area contributed by atoms with Crippen LogP contribution in [0.3, 0.4) is 0 Å². The fourth-order valence-electron chi connectivity index (χ4n) is 2.63. The van der Waals surface area contributed by atoms with E-state index >= 15 is 0 Å². The van der Waals surface area contributed by atoms with Crippen LogP contribution in [0.5, 0.6) is 0 Å². The van der Waals surface area contributed by atoms with Gasteiger partial charge in [0.05, 0.1) is 5.38 Å². The van der Waals surface area contributed by atoms with Crippen molar-refractivity contribution in [3.63, 3.8) is 0 Å². The Morgan fingerprint density at radius 1 is 1.22 bits per heavy atom. The SMILES string of the molecule is Cc1cc(C(Cl)C2Cc3ccccc32)ccc1F. The highest BCUT2D eigenvalue weighted by molar-refractivity contribution is 6.21. The highest BCUT2D eigenvalue weighted by Crippen LogP contribution is 2.46. The molecule has 0 saturated heterocycles. The third-order valence-electron chi connectivity index (χ3n) is 3.75. The third-order valence-corrected chi connectivity index (χ3v) is 4.30. The fraction of sp³-hybridized carbons (Fsp3) is 0.250. The molecule has 0 N–H and O–H groups in total. The predicted octanol–water partition coefficient (Wildman–Crippen LogP) is 4.75. The van der Waals surface area contributed by atoms with Crippen LogP contribution in [0.15, 0.2) is 42.5 Å². The number of alkyl halides is 1. The summed E-state index contributed by atoms with van der Waals surface area (Å²) in [6.45, 7) is 1.77. The average Bonchev–Trinajstić information content (AvgIpc) is 2.34. The minimum Gasteiger partial charge on any atom is -0.207 e. The number of rotatable bonds is 2. The van der Waals surface area contributed by atoms with Gasteiger partial charge in [-0.2, -0.15) is 0 Å². The van der Waals surface area contributed by atoms with E-state index in [0.29, 0.717) is 11.5 Å². The second-order valence-corrected chi connectivity index (χ2v) is 5.39. The zero-order chi connectivity index (χ0) is 12.7. The maximum absolute atomic E-state index is 13.3. The molecule has 2 heteroatoms. The molecular weight excluding hydrogens is 247 g/mol. The lowest BCUT2D eigenvalue weighted by atomic mass is 9.74. The molecule has 0 aliphatic heterocycles. The zero-order valence-electron chi connectivity index (χ0n) is 10.2. The minimum atomic E-state index is -0.170. The van der Waals surface area contributed by atoms with E-state index in [2.05, 4.69) is 18.2 Å². The second kappa shape index (κ2) is 4.40. The Labute approximate surface area is 111 Å². The van der Waals surface area contributed by atoms with E-state index in [4.69, 9.17) is 11.6 Å². The van der Waals surface area contributed by atoms with Gasteiger partial charge in [-0.05, 0) is 41.7 Å². The summed E-state index contributed by atoms with van der Waals surface area (Å²) in [5.41, 5.74) is 4.38. The number of fused-ring (bicyclic) bond motifs is 1. The van der Waals surface area contributed by atoms with Gasteiger partial charge in [-0.25, -0.2) is 4.39 Å². The number of aryl methyl sites for hydroxylation is 1. The van der Waals surface area contributed by atoms with E-state index in [0.717, 1.165) is 12.0 Å². The van der Waals surface area contributed by atoms with Crippen molar-refractivity contribution in [2.45, 2.75) is 24.6 Å². The maximum atomic E-state index is 13.3. The van der Waals surface area contributed by atoms with E-state index in [1.807, 2.05) is 12.1 Å². The van der Waals surface area contributed by atoms with Crippen molar-refractivity contribution in [3.05, 3.63) is 70.5 Å². The van der Waals surface area contributed by atoms with E-state index < -0.39 is 0 Å². The first-order valence-electron chi connectivity index (χ1n) is 6.15. The lowest BCUT2D eigenvalue weighted by Gasteiger charge is -2.33. The molecule has 18 heavy (non-hydrogen) atoms. The normalized spacial score (nSPS) is 18.9. The molecule has 0 spiro atoms. The van der Waals surface area contributed by atoms with Crippen molar-refractivity contribution in [2.24, 2.45) is 0 Å². The summed E-state index contributed by atoms with van der Waals surface area (Å²) in [6.07, 6.45) is 1.01. The van der Waals surface area contributed by atoms with E-state index in [-0.39, 0.29) is 11.2 Å². The van der Waals surface area contributed by atoms with Crippen molar-refractivity contribution in [3.8, 4) is 0 Å². The van der Waals surface area contributed by atoms with E-state index in [1.165, 1.54) is 17.2 Å². The Hall–Kier alpha value is -1.34. The Kier molecular flexibility index (Phi) is 2.87. The van der Waals surface area contributed by atoms with Gasteiger partial charge in [0.25, 0.3) is 0 Å². The highest BCUT2D eigenvalue weighted by atomic mass is 35.5. The molecule has 0 nitrogen and oxygen atoms in total. The summed E-state index contributed by atoms with van der Waals surface area (Å²) in [7, 11) is 0. The summed E-state index contributed by atoms with van der Waals surface area (Å²) >= 11 is 6.54. The predicted molar refractivity (Wildman–Crippen MR) is 72.6 cm³/mol. The quantitative estimate of drug-likeness (QED) is 0.684. The Morgan fingerprint density at radius 2 is 2.00 bits per heavy atom. The highest BCUT2D eigenvalue weighted by Gasteiger charge is 2.32. The number of hydrogen-bond donors (Lipinski definition) is 0. The summed E-state index contributed by atoms with van der Waals surface area (Å²) < 4.78 is 13.3. The number of benzene rings is 2. The zero-order valence-corrected chi connectivity index (χ0v) is 10.9. The van der Waals surface area contributed by atoms with Crippen molar-refractivity contribution in [1.29, 1.82) is 0 Å². The molecule has 92 valence electrons. The van der Waals surface area contributed by atoms with Crippen LogP contribution in [-0.4, -0.2) is 0 Å². The maximum Gasteiger partial charge on any atom is 0.126 e. The van der Waals surface area contributed by atoms with Crippen molar-refractivity contribution in [1.82, 2.24) is 0 Å². The standard InChI is InChI=1S/C16H14ClF/c1-10-8-12(6-7-15(10)18)16(17)14-9-11-4-2-3-5-13(11)14/h2-8,14,16H,9H2,1H3. The van der Waals surface area contributed by atoms with Crippen LogP contribution in [0, 0.1) is 12.7 Å². The van der Waals surface area contributed by atoms with Gasteiger partial charge in [-0.1, -0.05) is 36.4 Å². The molecule has 0 saturated carbocycles. The van der Waals surface area contributed by atoms with Gasteiger partial charge in [0.1, 0.15) is 5.82 Å².